The first kappa shape index (κ1) is 20.2. The highest BCUT2D eigenvalue weighted by molar-refractivity contribution is 7.92. The highest BCUT2D eigenvalue weighted by Gasteiger charge is 2.47. The van der Waals surface area contributed by atoms with E-state index in [1.807, 2.05) is 25.1 Å². The lowest BCUT2D eigenvalue weighted by molar-refractivity contribution is -0.137. The van der Waals surface area contributed by atoms with Crippen molar-refractivity contribution in [3.05, 3.63) is 29.3 Å². The van der Waals surface area contributed by atoms with Crippen molar-refractivity contribution in [1.82, 2.24) is 4.90 Å². The van der Waals surface area contributed by atoms with E-state index in [1.165, 1.54) is 0 Å². The van der Waals surface area contributed by atoms with Crippen molar-refractivity contribution in [2.45, 2.75) is 63.0 Å². The maximum atomic E-state index is 13.7. The lowest BCUT2D eigenvalue weighted by Crippen LogP contribution is -2.46. The highest BCUT2D eigenvalue weighted by Crippen LogP contribution is 2.44. The largest absolute Gasteiger partial charge is 0.496 e. The van der Waals surface area contributed by atoms with Gasteiger partial charge >= 0.3 is 0 Å². The van der Waals surface area contributed by atoms with Crippen molar-refractivity contribution in [3.63, 3.8) is 0 Å². The first-order valence-corrected chi connectivity index (χ1v) is 11.4. The summed E-state index contributed by atoms with van der Waals surface area (Å²) in [6, 6.07) is 6.05. The Morgan fingerprint density at radius 2 is 1.78 bits per heavy atom. The molecule has 1 saturated carbocycles. The predicted molar refractivity (Wildman–Crippen MR) is 107 cm³/mol. The van der Waals surface area contributed by atoms with Crippen molar-refractivity contribution in [1.29, 1.82) is 0 Å². The summed E-state index contributed by atoms with van der Waals surface area (Å²) in [6.45, 7) is 6.32. The Balaban J connectivity index is 1.95. The van der Waals surface area contributed by atoms with Gasteiger partial charge in [0.2, 0.25) is 5.91 Å². The molecule has 2 fully saturated rings. The third-order valence-electron chi connectivity index (χ3n) is 6.57. The summed E-state index contributed by atoms with van der Waals surface area (Å²) in [5.41, 5.74) is 1.49. The lowest BCUT2D eigenvalue weighted by atomic mass is 9.77. The van der Waals surface area contributed by atoms with Crippen LogP contribution in [0.1, 0.15) is 57.1 Å². The molecule has 0 radical (unpaired) electrons. The summed E-state index contributed by atoms with van der Waals surface area (Å²) < 4.78 is 29.8. The van der Waals surface area contributed by atoms with Crippen LogP contribution in [0.5, 0.6) is 5.75 Å². The van der Waals surface area contributed by atoms with Crippen molar-refractivity contribution < 1.29 is 17.9 Å². The monoisotopic (exact) mass is 393 g/mol. The first-order valence-electron chi connectivity index (χ1n) is 9.80. The first-order chi connectivity index (χ1) is 12.6. The van der Waals surface area contributed by atoms with Gasteiger partial charge in [-0.05, 0) is 57.2 Å². The molecule has 1 saturated heterocycles. The second-order valence-corrected chi connectivity index (χ2v) is 11.3. The number of sulfone groups is 1. The van der Waals surface area contributed by atoms with E-state index in [4.69, 9.17) is 4.74 Å². The van der Waals surface area contributed by atoms with Crippen LogP contribution < -0.4 is 4.74 Å². The van der Waals surface area contributed by atoms with Gasteiger partial charge in [-0.3, -0.25) is 4.79 Å². The molecule has 0 unspecified atom stereocenters. The van der Waals surface area contributed by atoms with Crippen molar-refractivity contribution in [2.24, 2.45) is 0 Å². The van der Waals surface area contributed by atoms with Gasteiger partial charge in [-0.25, -0.2) is 8.42 Å². The molecule has 0 N–H and O–H groups in total. The minimum absolute atomic E-state index is 0.0407. The zero-order chi connectivity index (χ0) is 19.9. The van der Waals surface area contributed by atoms with Crippen LogP contribution in [0.15, 0.2) is 18.2 Å². The quantitative estimate of drug-likeness (QED) is 0.791. The number of rotatable bonds is 3. The van der Waals surface area contributed by atoms with Crippen LogP contribution in [0.4, 0.5) is 0 Å². The summed E-state index contributed by atoms with van der Waals surface area (Å²) >= 11 is 0. The second kappa shape index (κ2) is 7.12. The average molecular weight is 394 g/mol. The predicted octanol–water partition coefficient (Wildman–Crippen LogP) is 3.24. The molecule has 2 aliphatic rings. The summed E-state index contributed by atoms with van der Waals surface area (Å²) in [7, 11) is -1.55. The number of nitrogens with zero attached hydrogens (tertiary/aromatic N) is 1. The summed E-state index contributed by atoms with van der Waals surface area (Å²) in [5, 5.41) is 0. The van der Waals surface area contributed by atoms with Crippen molar-refractivity contribution >= 4 is 15.7 Å². The van der Waals surface area contributed by atoms with Crippen molar-refractivity contribution in [2.75, 3.05) is 26.0 Å². The fourth-order valence-electron chi connectivity index (χ4n) is 4.41. The Kier molecular flexibility index (Phi) is 5.32. The fourth-order valence-corrected chi connectivity index (χ4v) is 5.82. The van der Waals surface area contributed by atoms with Crippen LogP contribution in [0.25, 0.3) is 0 Å². The maximum Gasteiger partial charge on any atom is 0.233 e. The van der Waals surface area contributed by atoms with E-state index < -0.39 is 20.0 Å². The molecule has 27 heavy (non-hydrogen) atoms. The molecule has 150 valence electrons. The second-order valence-electron chi connectivity index (χ2n) is 8.59. The van der Waals surface area contributed by atoms with E-state index in [0.29, 0.717) is 13.0 Å². The molecule has 1 aliphatic heterocycles. The van der Waals surface area contributed by atoms with E-state index >= 15 is 0 Å². The minimum Gasteiger partial charge on any atom is -0.496 e. The number of carbonyl (C=O) groups is 1. The van der Waals surface area contributed by atoms with Gasteiger partial charge in [-0.2, -0.15) is 0 Å². The number of ether oxygens (including phenoxy) is 1. The molecule has 5 nitrogen and oxygen atoms in total. The topological polar surface area (TPSA) is 63.7 Å². The normalized spacial score (nSPS) is 23.6. The zero-order valence-electron chi connectivity index (χ0n) is 16.9. The Hall–Kier alpha value is -1.56. The van der Waals surface area contributed by atoms with Gasteiger partial charge in [0.05, 0.1) is 23.0 Å². The smallest absolute Gasteiger partial charge is 0.233 e. The molecule has 1 aromatic carbocycles. The van der Waals surface area contributed by atoms with Gasteiger partial charge in [0, 0.05) is 13.1 Å². The molecule has 0 atom stereocenters. The molecule has 0 spiro atoms. The molecule has 6 heteroatoms. The Morgan fingerprint density at radius 3 is 2.41 bits per heavy atom. The molecule has 1 aromatic rings. The number of aryl methyl sites for hydroxylation is 1. The van der Waals surface area contributed by atoms with Crippen LogP contribution in [0.3, 0.4) is 0 Å². The van der Waals surface area contributed by atoms with E-state index in [2.05, 4.69) is 0 Å². The number of amides is 1. The SMILES string of the molecule is COc1cc(C2(C(=O)N3CCC(C)(C)S(=O)(=O)CC3)CCCC2)ccc1C. The molecule has 0 aromatic heterocycles. The van der Waals surface area contributed by atoms with E-state index in [-0.39, 0.29) is 18.2 Å². The van der Waals surface area contributed by atoms with Crippen LogP contribution in [-0.4, -0.2) is 49.9 Å². The molecule has 3 rings (SSSR count). The third-order valence-corrected chi connectivity index (χ3v) is 9.18. The molecular formula is C21H31NO4S. The Labute approximate surface area is 163 Å². The van der Waals surface area contributed by atoms with Crippen LogP contribution in [0, 0.1) is 6.92 Å². The Bertz CT molecular complexity index is 823. The average Bonchev–Trinajstić information content (AvgIpc) is 3.08. The molecule has 0 bridgehead atoms. The third kappa shape index (κ3) is 3.48. The number of carbonyl (C=O) groups excluding carboxylic acids is 1. The highest BCUT2D eigenvalue weighted by atomic mass is 32.2. The number of benzene rings is 1. The number of methoxy groups -OCH3 is 1. The van der Waals surface area contributed by atoms with Crippen LogP contribution in [-0.2, 0) is 20.0 Å². The van der Waals surface area contributed by atoms with Gasteiger partial charge in [0.1, 0.15) is 5.75 Å². The van der Waals surface area contributed by atoms with E-state index in [1.54, 1.807) is 25.9 Å². The number of hydrogen-bond acceptors (Lipinski definition) is 4. The summed E-state index contributed by atoms with van der Waals surface area (Å²) in [6.07, 6.45) is 4.13. The van der Waals surface area contributed by atoms with Gasteiger partial charge in [0.25, 0.3) is 0 Å². The lowest BCUT2D eigenvalue weighted by Gasteiger charge is -2.34. The van der Waals surface area contributed by atoms with E-state index in [0.717, 1.165) is 42.6 Å². The van der Waals surface area contributed by atoms with Crippen LogP contribution in [0.2, 0.25) is 0 Å². The molecule has 1 aliphatic carbocycles. The van der Waals surface area contributed by atoms with E-state index in [9.17, 15) is 13.2 Å². The zero-order valence-corrected chi connectivity index (χ0v) is 17.7. The summed E-state index contributed by atoms with van der Waals surface area (Å²) in [4.78, 5) is 15.5. The maximum absolute atomic E-state index is 13.7. The Morgan fingerprint density at radius 1 is 1.11 bits per heavy atom. The van der Waals surface area contributed by atoms with Gasteiger partial charge < -0.3 is 9.64 Å². The summed E-state index contributed by atoms with van der Waals surface area (Å²) in [5.74, 6) is 0.920. The van der Waals surface area contributed by atoms with Gasteiger partial charge in [-0.15, -0.1) is 0 Å². The fraction of sp³-hybridized carbons (Fsp3) is 0.667. The number of hydrogen-bond donors (Lipinski definition) is 0. The molecule has 1 heterocycles. The molecule has 1 amide bonds. The molecular weight excluding hydrogens is 362 g/mol. The van der Waals surface area contributed by atoms with Crippen LogP contribution >= 0.6 is 0 Å². The van der Waals surface area contributed by atoms with Gasteiger partial charge in [-0.1, -0.05) is 25.0 Å². The van der Waals surface area contributed by atoms with Crippen molar-refractivity contribution in [3.8, 4) is 5.75 Å². The minimum atomic E-state index is -3.20. The van der Waals surface area contributed by atoms with Gasteiger partial charge in [0.15, 0.2) is 9.84 Å². The standard InChI is InChI=1S/C21H31NO4S/c1-16-7-8-17(15-18(16)26-4)21(9-5-6-10-21)19(23)22-12-11-20(2,3)27(24,25)14-13-22/h7-8,15H,5-6,9-14H2,1-4H3.